The molecule has 112 valence electrons. The second-order valence-electron chi connectivity index (χ2n) is 6.94. The van der Waals surface area contributed by atoms with Crippen molar-refractivity contribution in [2.24, 2.45) is 5.41 Å². The molecular formula is C17H26BrNO. The first-order valence-corrected chi connectivity index (χ1v) is 8.32. The third-order valence-corrected chi connectivity index (χ3v) is 4.15. The molecule has 1 aliphatic carbocycles. The van der Waals surface area contributed by atoms with Gasteiger partial charge < -0.3 is 10.1 Å². The fraction of sp³-hybridized carbons (Fsp3) is 0.647. The van der Waals surface area contributed by atoms with Gasteiger partial charge >= 0.3 is 0 Å². The second kappa shape index (κ2) is 6.48. The zero-order chi connectivity index (χ0) is 14.8. The number of hydrogen-bond donors (Lipinski definition) is 1. The number of nitrogens with one attached hydrogen (secondary N) is 1. The van der Waals surface area contributed by atoms with Gasteiger partial charge in [0.05, 0.1) is 6.61 Å². The van der Waals surface area contributed by atoms with E-state index in [-0.39, 0.29) is 5.41 Å². The maximum atomic E-state index is 6.11. The Hall–Kier alpha value is -0.540. The van der Waals surface area contributed by atoms with Gasteiger partial charge in [-0.1, -0.05) is 43.6 Å². The Balaban J connectivity index is 1.94. The van der Waals surface area contributed by atoms with Crippen molar-refractivity contribution in [1.82, 2.24) is 5.32 Å². The van der Waals surface area contributed by atoms with Gasteiger partial charge in [-0.15, -0.1) is 0 Å². The zero-order valence-electron chi connectivity index (χ0n) is 13.0. The van der Waals surface area contributed by atoms with E-state index in [0.29, 0.717) is 5.92 Å². The SMILES string of the molecule is CC(C)c1cc(Br)ccc1OCC(C)(C)CNC1CC1. The lowest BCUT2D eigenvalue weighted by Gasteiger charge is -2.26. The van der Waals surface area contributed by atoms with E-state index in [4.69, 9.17) is 4.74 Å². The van der Waals surface area contributed by atoms with Crippen molar-refractivity contribution in [3.05, 3.63) is 28.2 Å². The fourth-order valence-corrected chi connectivity index (χ4v) is 2.51. The van der Waals surface area contributed by atoms with Crippen molar-refractivity contribution >= 4 is 15.9 Å². The van der Waals surface area contributed by atoms with Gasteiger partial charge in [0, 0.05) is 22.5 Å². The first-order valence-electron chi connectivity index (χ1n) is 7.53. The smallest absolute Gasteiger partial charge is 0.122 e. The lowest BCUT2D eigenvalue weighted by molar-refractivity contribution is 0.174. The van der Waals surface area contributed by atoms with Crippen LogP contribution < -0.4 is 10.1 Å². The van der Waals surface area contributed by atoms with E-state index >= 15 is 0 Å². The first-order chi connectivity index (χ1) is 9.37. The average molecular weight is 340 g/mol. The summed E-state index contributed by atoms with van der Waals surface area (Å²) in [7, 11) is 0. The molecule has 0 saturated heterocycles. The third-order valence-electron chi connectivity index (χ3n) is 3.66. The van der Waals surface area contributed by atoms with E-state index in [9.17, 15) is 0 Å². The summed E-state index contributed by atoms with van der Waals surface area (Å²) in [5, 5.41) is 3.59. The van der Waals surface area contributed by atoms with Crippen molar-refractivity contribution in [3.8, 4) is 5.75 Å². The van der Waals surface area contributed by atoms with Crippen molar-refractivity contribution in [1.29, 1.82) is 0 Å². The predicted molar refractivity (Wildman–Crippen MR) is 88.5 cm³/mol. The minimum atomic E-state index is 0.157. The molecule has 1 N–H and O–H groups in total. The molecule has 0 spiro atoms. The Bertz CT molecular complexity index is 452. The maximum Gasteiger partial charge on any atom is 0.122 e. The molecule has 0 radical (unpaired) electrons. The van der Waals surface area contributed by atoms with Gasteiger partial charge in [-0.3, -0.25) is 0 Å². The summed E-state index contributed by atoms with van der Waals surface area (Å²) in [6, 6.07) is 7.05. The lowest BCUT2D eigenvalue weighted by atomic mass is 9.94. The average Bonchev–Trinajstić information content (AvgIpc) is 3.19. The van der Waals surface area contributed by atoms with Crippen molar-refractivity contribution in [2.45, 2.75) is 52.5 Å². The Kier molecular flexibility index (Phi) is 5.14. The molecule has 1 fully saturated rings. The van der Waals surface area contributed by atoms with Crippen molar-refractivity contribution in [2.75, 3.05) is 13.2 Å². The van der Waals surface area contributed by atoms with Gasteiger partial charge in [-0.25, -0.2) is 0 Å². The molecule has 2 nitrogen and oxygen atoms in total. The Morgan fingerprint density at radius 1 is 1.35 bits per heavy atom. The summed E-state index contributed by atoms with van der Waals surface area (Å²) in [4.78, 5) is 0. The van der Waals surface area contributed by atoms with Gasteiger partial charge in [0.25, 0.3) is 0 Å². The largest absolute Gasteiger partial charge is 0.493 e. The number of halogens is 1. The van der Waals surface area contributed by atoms with Crippen LogP contribution in [0.15, 0.2) is 22.7 Å². The van der Waals surface area contributed by atoms with Crippen LogP contribution in [0.5, 0.6) is 5.75 Å². The summed E-state index contributed by atoms with van der Waals surface area (Å²) >= 11 is 3.54. The molecule has 0 amide bonds. The molecule has 0 aromatic heterocycles. The molecule has 1 aromatic rings. The fourth-order valence-electron chi connectivity index (χ4n) is 2.13. The highest BCUT2D eigenvalue weighted by Gasteiger charge is 2.26. The summed E-state index contributed by atoms with van der Waals surface area (Å²) in [5.41, 5.74) is 1.43. The van der Waals surface area contributed by atoms with Gasteiger partial charge in [-0.2, -0.15) is 0 Å². The molecule has 0 bridgehead atoms. The van der Waals surface area contributed by atoms with E-state index in [1.807, 2.05) is 0 Å². The Morgan fingerprint density at radius 2 is 2.05 bits per heavy atom. The molecule has 2 rings (SSSR count). The van der Waals surface area contributed by atoms with Crippen LogP contribution in [0.25, 0.3) is 0 Å². The van der Waals surface area contributed by atoms with Gasteiger partial charge in [-0.05, 0) is 42.5 Å². The standard InChI is InChI=1S/C17H26BrNO/c1-12(2)15-9-13(18)5-8-16(15)20-11-17(3,4)10-19-14-6-7-14/h5,8-9,12,14,19H,6-7,10-11H2,1-4H3. The molecule has 0 heterocycles. The van der Waals surface area contributed by atoms with Crippen molar-refractivity contribution in [3.63, 3.8) is 0 Å². The van der Waals surface area contributed by atoms with Crippen LogP contribution in [0.3, 0.4) is 0 Å². The molecule has 0 aliphatic heterocycles. The molecule has 3 heteroatoms. The lowest BCUT2D eigenvalue weighted by Crippen LogP contribution is -2.35. The Labute approximate surface area is 131 Å². The zero-order valence-corrected chi connectivity index (χ0v) is 14.6. The van der Waals surface area contributed by atoms with Crippen LogP contribution >= 0.6 is 15.9 Å². The third kappa shape index (κ3) is 4.78. The van der Waals surface area contributed by atoms with Crippen LogP contribution in [0, 0.1) is 5.41 Å². The predicted octanol–water partition coefficient (Wildman–Crippen LogP) is 4.73. The van der Waals surface area contributed by atoms with E-state index in [1.165, 1.54) is 18.4 Å². The van der Waals surface area contributed by atoms with Gasteiger partial charge in [0.1, 0.15) is 5.75 Å². The molecule has 0 unspecified atom stereocenters. The first kappa shape index (κ1) is 15.8. The highest BCUT2D eigenvalue weighted by atomic mass is 79.9. The normalized spacial score (nSPS) is 15.7. The monoisotopic (exact) mass is 339 g/mol. The number of hydrogen-bond acceptors (Lipinski definition) is 2. The highest BCUT2D eigenvalue weighted by molar-refractivity contribution is 9.10. The maximum absolute atomic E-state index is 6.11. The topological polar surface area (TPSA) is 21.3 Å². The second-order valence-corrected chi connectivity index (χ2v) is 7.86. The van der Waals surface area contributed by atoms with Crippen LogP contribution in [0.4, 0.5) is 0 Å². The van der Waals surface area contributed by atoms with E-state index in [0.717, 1.165) is 29.4 Å². The van der Waals surface area contributed by atoms with Crippen LogP contribution in [0.1, 0.15) is 52.0 Å². The van der Waals surface area contributed by atoms with Gasteiger partial charge in [0.2, 0.25) is 0 Å². The molecule has 20 heavy (non-hydrogen) atoms. The molecule has 1 saturated carbocycles. The summed E-state index contributed by atoms with van der Waals surface area (Å²) in [5.74, 6) is 1.48. The number of ether oxygens (including phenoxy) is 1. The summed E-state index contributed by atoms with van der Waals surface area (Å²) in [6.07, 6.45) is 2.67. The molecule has 1 aliphatic rings. The molecule has 1 aromatic carbocycles. The van der Waals surface area contributed by atoms with Crippen LogP contribution in [0.2, 0.25) is 0 Å². The number of benzene rings is 1. The van der Waals surface area contributed by atoms with E-state index in [2.05, 4.69) is 67.1 Å². The van der Waals surface area contributed by atoms with Gasteiger partial charge in [0.15, 0.2) is 0 Å². The van der Waals surface area contributed by atoms with E-state index < -0.39 is 0 Å². The minimum absolute atomic E-state index is 0.157. The summed E-state index contributed by atoms with van der Waals surface area (Å²) in [6.45, 7) is 10.7. The van der Waals surface area contributed by atoms with Crippen LogP contribution in [-0.4, -0.2) is 19.2 Å². The number of rotatable bonds is 7. The summed E-state index contributed by atoms with van der Waals surface area (Å²) < 4.78 is 7.22. The van der Waals surface area contributed by atoms with E-state index in [1.54, 1.807) is 0 Å². The highest BCUT2D eigenvalue weighted by Crippen LogP contribution is 2.31. The quantitative estimate of drug-likeness (QED) is 0.775. The molecular weight excluding hydrogens is 314 g/mol. The Morgan fingerprint density at radius 3 is 2.65 bits per heavy atom. The van der Waals surface area contributed by atoms with Crippen LogP contribution in [-0.2, 0) is 0 Å². The minimum Gasteiger partial charge on any atom is -0.493 e. The molecule has 0 atom stereocenters. The van der Waals surface area contributed by atoms with Crippen molar-refractivity contribution < 1.29 is 4.74 Å².